The second-order valence-corrected chi connectivity index (χ2v) is 14.3. The van der Waals surface area contributed by atoms with Crippen LogP contribution in [0.4, 0.5) is 0 Å². The smallest absolute Gasteiger partial charge is 0.313 e. The average Bonchev–Trinajstić information content (AvgIpc) is 3.08. The first-order valence-electron chi connectivity index (χ1n) is 17.6. The van der Waals surface area contributed by atoms with Gasteiger partial charge in [-0.25, -0.2) is 0 Å². The molecule has 276 valence electrons. The quantitative estimate of drug-likeness (QED) is 0.103. The molecule has 0 bridgehead atoms. The third-order valence-corrected chi connectivity index (χ3v) is 8.90. The molecule has 1 amide bonds. The molecule has 0 fully saturated rings. The zero-order valence-corrected chi connectivity index (χ0v) is 31.5. The van der Waals surface area contributed by atoms with Crippen LogP contribution < -0.4 is 14.8 Å². The lowest BCUT2D eigenvalue weighted by Gasteiger charge is -2.33. The molecule has 0 saturated carbocycles. The maximum Gasteiger partial charge on any atom is 0.313 e. The summed E-state index contributed by atoms with van der Waals surface area (Å²) in [6.07, 6.45) is 0.896. The molecule has 0 spiro atoms. The summed E-state index contributed by atoms with van der Waals surface area (Å²) in [5, 5.41) is 12.4. The summed E-state index contributed by atoms with van der Waals surface area (Å²) in [4.78, 5) is 40.2. The van der Waals surface area contributed by atoms with E-state index in [1.54, 1.807) is 28.1 Å². The fourth-order valence-corrected chi connectivity index (χ4v) is 5.72. The van der Waals surface area contributed by atoms with Gasteiger partial charge in [-0.2, -0.15) is 5.26 Å². The van der Waals surface area contributed by atoms with E-state index in [-0.39, 0.29) is 43.2 Å². The van der Waals surface area contributed by atoms with Crippen LogP contribution in [0.1, 0.15) is 78.9 Å². The Bertz CT molecular complexity index is 1390. The summed E-state index contributed by atoms with van der Waals surface area (Å²) in [6.45, 7) is 14.1. The number of carbonyl (C=O) groups excluding carboxylic acids is 3. The second-order valence-electron chi connectivity index (χ2n) is 14.3. The van der Waals surface area contributed by atoms with E-state index in [0.29, 0.717) is 37.6 Å². The molecule has 0 radical (unpaired) electrons. The number of methoxy groups -OCH3 is 2. The molecule has 1 N–H and O–H groups in total. The number of amides is 1. The largest absolute Gasteiger partial charge is 0.493 e. The lowest BCUT2D eigenvalue weighted by atomic mass is 9.77. The molecule has 0 aliphatic rings. The molecule has 0 aromatic heterocycles. The third-order valence-electron chi connectivity index (χ3n) is 8.90. The van der Waals surface area contributed by atoms with Crippen LogP contribution >= 0.6 is 0 Å². The van der Waals surface area contributed by atoms with E-state index in [0.717, 1.165) is 17.5 Å². The van der Waals surface area contributed by atoms with E-state index in [1.807, 2.05) is 62.4 Å². The molecular weight excluding hydrogens is 636 g/mol. The van der Waals surface area contributed by atoms with Crippen molar-refractivity contribution in [2.24, 2.45) is 35.0 Å². The van der Waals surface area contributed by atoms with Crippen LogP contribution in [0, 0.1) is 46.3 Å². The summed E-state index contributed by atoms with van der Waals surface area (Å²) in [5.74, 6) is -1.49. The first kappa shape index (κ1) is 42.1. The highest BCUT2D eigenvalue weighted by atomic mass is 16.6. The van der Waals surface area contributed by atoms with E-state index < -0.39 is 35.3 Å². The second kappa shape index (κ2) is 21.2. The molecule has 4 unspecified atom stereocenters. The van der Waals surface area contributed by atoms with E-state index in [4.69, 9.17) is 23.7 Å². The number of nitrogens with one attached hydrogen (secondary N) is 1. The summed E-state index contributed by atoms with van der Waals surface area (Å²) >= 11 is 0. The van der Waals surface area contributed by atoms with Crippen molar-refractivity contribution in [2.45, 2.75) is 86.9 Å². The number of hydrogen-bond donors (Lipinski definition) is 1. The SMILES string of the molecule is COCCCOc1cc(CC(CC(C(=O)OCc2ccccc2)C(CC(C(=O)NCC(C)(C)C#N)C(C)C)OC(C)=O)C(C)C)ccc1OC. The highest BCUT2D eigenvalue weighted by Gasteiger charge is 2.39. The Balaban J connectivity index is 2.47. The molecule has 50 heavy (non-hydrogen) atoms. The Labute approximate surface area is 299 Å². The summed E-state index contributed by atoms with van der Waals surface area (Å²) in [5.41, 5.74) is 1.09. The van der Waals surface area contributed by atoms with Crippen molar-refractivity contribution in [3.63, 3.8) is 0 Å². The van der Waals surface area contributed by atoms with Gasteiger partial charge in [0.05, 0.1) is 31.1 Å². The van der Waals surface area contributed by atoms with Crippen LogP contribution in [0.5, 0.6) is 11.5 Å². The molecule has 0 aliphatic heterocycles. The van der Waals surface area contributed by atoms with Gasteiger partial charge in [0, 0.05) is 39.5 Å². The van der Waals surface area contributed by atoms with Gasteiger partial charge in [0.2, 0.25) is 5.91 Å². The van der Waals surface area contributed by atoms with Crippen molar-refractivity contribution in [1.29, 1.82) is 5.26 Å². The van der Waals surface area contributed by atoms with Crippen LogP contribution in [0.3, 0.4) is 0 Å². The maximum absolute atomic E-state index is 14.1. The maximum atomic E-state index is 14.1. The minimum Gasteiger partial charge on any atom is -0.493 e. The van der Waals surface area contributed by atoms with Gasteiger partial charge in [0.15, 0.2) is 11.5 Å². The number of ether oxygens (including phenoxy) is 5. The lowest BCUT2D eigenvalue weighted by Crippen LogP contribution is -2.43. The Hall–Kier alpha value is -4.10. The van der Waals surface area contributed by atoms with E-state index in [9.17, 15) is 19.6 Å². The zero-order valence-electron chi connectivity index (χ0n) is 31.5. The predicted molar refractivity (Wildman–Crippen MR) is 192 cm³/mol. The van der Waals surface area contributed by atoms with Crippen molar-refractivity contribution >= 4 is 17.8 Å². The number of hydrogen-bond acceptors (Lipinski definition) is 9. The molecule has 10 heteroatoms. The molecule has 2 aromatic carbocycles. The van der Waals surface area contributed by atoms with Crippen LogP contribution in [0.2, 0.25) is 0 Å². The van der Waals surface area contributed by atoms with Crippen LogP contribution in [0.15, 0.2) is 48.5 Å². The molecule has 0 saturated heterocycles. The molecule has 0 heterocycles. The summed E-state index contributed by atoms with van der Waals surface area (Å²) in [6, 6.07) is 17.4. The van der Waals surface area contributed by atoms with Gasteiger partial charge < -0.3 is 29.0 Å². The minimum absolute atomic E-state index is 0.0279. The van der Waals surface area contributed by atoms with Crippen molar-refractivity contribution < 1.29 is 38.1 Å². The number of esters is 2. The van der Waals surface area contributed by atoms with Gasteiger partial charge >= 0.3 is 11.9 Å². The third kappa shape index (κ3) is 14.4. The Morgan fingerprint density at radius 2 is 1.58 bits per heavy atom. The van der Waals surface area contributed by atoms with Gasteiger partial charge in [0.25, 0.3) is 0 Å². The number of carbonyl (C=O) groups is 3. The van der Waals surface area contributed by atoms with Gasteiger partial charge in [-0.05, 0) is 74.1 Å². The molecule has 2 rings (SSSR count). The summed E-state index contributed by atoms with van der Waals surface area (Å²) < 4.78 is 28.5. The van der Waals surface area contributed by atoms with E-state index >= 15 is 0 Å². The van der Waals surface area contributed by atoms with E-state index in [2.05, 4.69) is 25.2 Å². The number of nitrogens with zero attached hydrogens (tertiary/aromatic N) is 1. The molecule has 2 aromatic rings. The van der Waals surface area contributed by atoms with Gasteiger partial charge in [-0.15, -0.1) is 0 Å². The predicted octanol–water partition coefficient (Wildman–Crippen LogP) is 6.93. The zero-order chi connectivity index (χ0) is 37.3. The number of nitriles is 1. The average molecular weight is 695 g/mol. The van der Waals surface area contributed by atoms with Gasteiger partial charge in [0.1, 0.15) is 12.7 Å². The van der Waals surface area contributed by atoms with Crippen LogP contribution in [-0.4, -0.2) is 57.9 Å². The summed E-state index contributed by atoms with van der Waals surface area (Å²) in [7, 11) is 3.25. The first-order chi connectivity index (χ1) is 23.7. The normalized spacial score (nSPS) is 13.9. The minimum atomic E-state index is -0.922. The number of benzene rings is 2. The van der Waals surface area contributed by atoms with Gasteiger partial charge in [-0.1, -0.05) is 64.1 Å². The van der Waals surface area contributed by atoms with Gasteiger partial charge in [-0.3, -0.25) is 14.4 Å². The molecule has 10 nitrogen and oxygen atoms in total. The Kier molecular flexibility index (Phi) is 17.8. The fraction of sp³-hybridized carbons (Fsp3) is 0.600. The van der Waals surface area contributed by atoms with Crippen LogP contribution in [0.25, 0.3) is 0 Å². The highest BCUT2D eigenvalue weighted by molar-refractivity contribution is 5.79. The van der Waals surface area contributed by atoms with Crippen molar-refractivity contribution in [1.82, 2.24) is 5.32 Å². The topological polar surface area (TPSA) is 133 Å². The first-order valence-corrected chi connectivity index (χ1v) is 17.6. The van der Waals surface area contributed by atoms with Crippen molar-refractivity contribution in [2.75, 3.05) is 34.0 Å². The van der Waals surface area contributed by atoms with Crippen molar-refractivity contribution in [3.05, 3.63) is 59.7 Å². The highest BCUT2D eigenvalue weighted by Crippen LogP contribution is 2.35. The monoisotopic (exact) mass is 694 g/mol. The molecular formula is C40H58N2O8. The van der Waals surface area contributed by atoms with E-state index in [1.165, 1.54) is 6.92 Å². The standard InChI is InChI=1S/C40H58N2O8/c1-27(2)32(20-31-16-17-35(47-9)37(21-31)48-19-13-18-46-8)22-34(39(45)49-24-30-14-11-10-12-15-30)36(50-29(5)43)23-33(28(3)4)38(44)42-26-40(6,7)25-41/h10-12,14-17,21,27-28,32-34,36H,13,18-20,22-24,26H2,1-9H3,(H,42,44). The van der Waals surface area contributed by atoms with Crippen molar-refractivity contribution in [3.8, 4) is 17.6 Å². The Morgan fingerprint density at radius 1 is 0.880 bits per heavy atom. The van der Waals surface area contributed by atoms with Crippen LogP contribution in [-0.2, 0) is 41.6 Å². The number of rotatable bonds is 22. The molecule has 4 atom stereocenters. The fourth-order valence-electron chi connectivity index (χ4n) is 5.72. The molecule has 0 aliphatic carbocycles. The Morgan fingerprint density at radius 3 is 2.16 bits per heavy atom. The lowest BCUT2D eigenvalue weighted by molar-refractivity contribution is -0.165.